The Hall–Kier alpha value is -2.20. The van der Waals surface area contributed by atoms with E-state index in [1.165, 1.54) is 0 Å². The second kappa shape index (κ2) is 3.92. The number of fused-ring (bicyclic) bond motifs is 1. The number of aromatic amines is 1. The standard InChI is InChI=1S/C14H13N3O/c1-14(18,12-8-4-5-9-15-12)13-10-6-2-3-7-11(10)16-17-13/h2-9,18H,1H3,(H,16,17). The van der Waals surface area contributed by atoms with E-state index in [9.17, 15) is 5.11 Å². The van der Waals surface area contributed by atoms with Gasteiger partial charge in [-0.15, -0.1) is 0 Å². The van der Waals surface area contributed by atoms with Gasteiger partial charge in [0.1, 0.15) is 5.60 Å². The van der Waals surface area contributed by atoms with Crippen LogP contribution in [0.25, 0.3) is 10.9 Å². The zero-order valence-corrected chi connectivity index (χ0v) is 9.96. The lowest BCUT2D eigenvalue weighted by atomic mass is 9.95. The average Bonchev–Trinajstić information content (AvgIpc) is 2.84. The van der Waals surface area contributed by atoms with Gasteiger partial charge < -0.3 is 5.11 Å². The van der Waals surface area contributed by atoms with Crippen molar-refractivity contribution < 1.29 is 5.11 Å². The van der Waals surface area contributed by atoms with Crippen LogP contribution in [0.15, 0.2) is 48.7 Å². The van der Waals surface area contributed by atoms with E-state index in [2.05, 4.69) is 15.2 Å². The van der Waals surface area contributed by atoms with Crippen LogP contribution in [0.5, 0.6) is 0 Å². The molecule has 1 atom stereocenters. The molecule has 2 aromatic heterocycles. The Morgan fingerprint density at radius 3 is 2.67 bits per heavy atom. The Bertz CT molecular complexity index is 674. The van der Waals surface area contributed by atoms with Gasteiger partial charge in [0.2, 0.25) is 0 Å². The molecular weight excluding hydrogens is 226 g/mol. The van der Waals surface area contributed by atoms with Crippen LogP contribution >= 0.6 is 0 Å². The zero-order valence-electron chi connectivity index (χ0n) is 9.96. The van der Waals surface area contributed by atoms with Crippen LogP contribution in [0, 0.1) is 0 Å². The minimum Gasteiger partial charge on any atom is -0.377 e. The molecule has 2 heterocycles. The maximum absolute atomic E-state index is 10.7. The first-order chi connectivity index (χ1) is 8.69. The summed E-state index contributed by atoms with van der Waals surface area (Å²) >= 11 is 0. The lowest BCUT2D eigenvalue weighted by molar-refractivity contribution is 0.0940. The van der Waals surface area contributed by atoms with Gasteiger partial charge in [0.05, 0.1) is 16.9 Å². The van der Waals surface area contributed by atoms with Crippen molar-refractivity contribution in [1.82, 2.24) is 15.2 Å². The van der Waals surface area contributed by atoms with E-state index in [0.717, 1.165) is 10.9 Å². The normalized spacial score (nSPS) is 14.6. The fraction of sp³-hybridized carbons (Fsp3) is 0.143. The molecule has 0 aliphatic heterocycles. The van der Waals surface area contributed by atoms with E-state index >= 15 is 0 Å². The van der Waals surface area contributed by atoms with Gasteiger partial charge in [-0.25, -0.2) is 0 Å². The molecule has 3 aromatic rings. The number of rotatable bonds is 2. The van der Waals surface area contributed by atoms with E-state index in [1.54, 1.807) is 19.2 Å². The Balaban J connectivity index is 2.20. The summed E-state index contributed by atoms with van der Waals surface area (Å²) in [5, 5.41) is 18.7. The summed E-state index contributed by atoms with van der Waals surface area (Å²) in [6, 6.07) is 13.2. The first-order valence-corrected chi connectivity index (χ1v) is 5.77. The lowest BCUT2D eigenvalue weighted by Gasteiger charge is -2.21. The van der Waals surface area contributed by atoms with Crippen LogP contribution in [0.3, 0.4) is 0 Å². The topological polar surface area (TPSA) is 61.8 Å². The van der Waals surface area contributed by atoms with Crippen molar-refractivity contribution in [3.8, 4) is 0 Å². The number of hydrogen-bond acceptors (Lipinski definition) is 3. The third-order valence-corrected chi connectivity index (χ3v) is 3.11. The average molecular weight is 239 g/mol. The maximum atomic E-state index is 10.7. The first-order valence-electron chi connectivity index (χ1n) is 5.77. The summed E-state index contributed by atoms with van der Waals surface area (Å²) in [7, 11) is 0. The third kappa shape index (κ3) is 1.58. The predicted octanol–water partition coefficient (Wildman–Crippen LogP) is 2.21. The number of nitrogens with zero attached hydrogens (tertiary/aromatic N) is 2. The molecule has 0 saturated heterocycles. The van der Waals surface area contributed by atoms with Crippen LogP contribution in [-0.4, -0.2) is 20.3 Å². The van der Waals surface area contributed by atoms with Crippen LogP contribution in [-0.2, 0) is 5.60 Å². The summed E-state index contributed by atoms with van der Waals surface area (Å²) in [6.07, 6.45) is 1.67. The van der Waals surface area contributed by atoms with Gasteiger partial charge in [-0.05, 0) is 25.1 Å². The van der Waals surface area contributed by atoms with E-state index < -0.39 is 5.60 Å². The van der Waals surface area contributed by atoms with Crippen molar-refractivity contribution in [2.75, 3.05) is 0 Å². The Labute approximate surface area is 104 Å². The summed E-state index contributed by atoms with van der Waals surface area (Å²) in [4.78, 5) is 4.22. The molecule has 0 aliphatic rings. The van der Waals surface area contributed by atoms with Crippen LogP contribution in [0.4, 0.5) is 0 Å². The van der Waals surface area contributed by atoms with Gasteiger partial charge in [0, 0.05) is 11.6 Å². The molecule has 18 heavy (non-hydrogen) atoms. The predicted molar refractivity (Wildman–Crippen MR) is 69.0 cm³/mol. The molecule has 0 saturated carbocycles. The van der Waals surface area contributed by atoms with Crippen LogP contribution in [0.1, 0.15) is 18.3 Å². The Morgan fingerprint density at radius 1 is 1.11 bits per heavy atom. The molecule has 0 spiro atoms. The number of benzene rings is 1. The molecule has 0 amide bonds. The molecule has 0 aliphatic carbocycles. The molecule has 4 heteroatoms. The van der Waals surface area contributed by atoms with E-state index in [0.29, 0.717) is 11.4 Å². The van der Waals surface area contributed by atoms with E-state index in [4.69, 9.17) is 0 Å². The molecule has 3 rings (SSSR count). The van der Waals surface area contributed by atoms with Gasteiger partial charge in [-0.3, -0.25) is 10.1 Å². The van der Waals surface area contributed by atoms with Gasteiger partial charge in [0.15, 0.2) is 0 Å². The Morgan fingerprint density at radius 2 is 1.89 bits per heavy atom. The lowest BCUT2D eigenvalue weighted by Crippen LogP contribution is -2.24. The van der Waals surface area contributed by atoms with Crippen molar-refractivity contribution in [2.24, 2.45) is 0 Å². The van der Waals surface area contributed by atoms with Gasteiger partial charge in [0.25, 0.3) is 0 Å². The largest absolute Gasteiger partial charge is 0.377 e. The van der Waals surface area contributed by atoms with Crippen molar-refractivity contribution in [3.63, 3.8) is 0 Å². The first kappa shape index (κ1) is 10.9. The summed E-state index contributed by atoms with van der Waals surface area (Å²) in [5.41, 5.74) is 0.914. The smallest absolute Gasteiger partial charge is 0.145 e. The number of H-pyrrole nitrogens is 1. The second-order valence-electron chi connectivity index (χ2n) is 4.40. The van der Waals surface area contributed by atoms with Gasteiger partial charge >= 0.3 is 0 Å². The van der Waals surface area contributed by atoms with Gasteiger partial charge in [-0.2, -0.15) is 5.10 Å². The summed E-state index contributed by atoms with van der Waals surface area (Å²) < 4.78 is 0. The highest BCUT2D eigenvalue weighted by Gasteiger charge is 2.30. The SMILES string of the molecule is CC(O)(c1ccccn1)c1[nH]nc2ccccc12. The summed E-state index contributed by atoms with van der Waals surface area (Å²) in [5.74, 6) is 0. The summed E-state index contributed by atoms with van der Waals surface area (Å²) in [6.45, 7) is 1.72. The van der Waals surface area contributed by atoms with E-state index in [1.807, 2.05) is 36.4 Å². The molecule has 0 radical (unpaired) electrons. The minimum absolute atomic E-state index is 0.597. The van der Waals surface area contributed by atoms with E-state index in [-0.39, 0.29) is 0 Å². The maximum Gasteiger partial charge on any atom is 0.145 e. The highest BCUT2D eigenvalue weighted by Crippen LogP contribution is 2.30. The molecule has 1 aromatic carbocycles. The fourth-order valence-corrected chi connectivity index (χ4v) is 2.11. The van der Waals surface area contributed by atoms with Crippen LogP contribution in [0.2, 0.25) is 0 Å². The molecule has 2 N–H and O–H groups in total. The zero-order chi connectivity index (χ0) is 12.6. The molecule has 0 bridgehead atoms. The highest BCUT2D eigenvalue weighted by molar-refractivity contribution is 5.82. The van der Waals surface area contributed by atoms with Crippen molar-refractivity contribution in [3.05, 3.63) is 60.0 Å². The number of aliphatic hydroxyl groups is 1. The number of pyridine rings is 1. The van der Waals surface area contributed by atoms with Crippen LogP contribution < -0.4 is 0 Å². The molecule has 90 valence electrons. The molecular formula is C14H13N3O. The minimum atomic E-state index is -1.18. The number of para-hydroxylation sites is 1. The highest BCUT2D eigenvalue weighted by atomic mass is 16.3. The molecule has 1 unspecified atom stereocenters. The van der Waals surface area contributed by atoms with Crippen molar-refractivity contribution in [1.29, 1.82) is 0 Å². The van der Waals surface area contributed by atoms with Gasteiger partial charge in [-0.1, -0.05) is 24.3 Å². The number of hydrogen-bond donors (Lipinski definition) is 2. The second-order valence-corrected chi connectivity index (χ2v) is 4.40. The van der Waals surface area contributed by atoms with Crippen molar-refractivity contribution >= 4 is 10.9 Å². The Kier molecular flexibility index (Phi) is 2.38. The fourth-order valence-electron chi connectivity index (χ4n) is 2.11. The third-order valence-electron chi connectivity index (χ3n) is 3.11. The molecule has 4 nitrogen and oxygen atoms in total. The number of aromatic nitrogens is 3. The molecule has 0 fully saturated rings. The monoisotopic (exact) mass is 239 g/mol. The van der Waals surface area contributed by atoms with Crippen molar-refractivity contribution in [2.45, 2.75) is 12.5 Å². The quantitative estimate of drug-likeness (QED) is 0.720. The number of nitrogens with one attached hydrogen (secondary N) is 1.